The standard InChI is InChI=1S/C15H20ClNO2/c1-19-10-14(16)9-17-15(18)13-7-6-11-4-2-3-5-12(11)8-13/h2-5,13-14H,6-10H2,1H3,(H,17,18). The van der Waals surface area contributed by atoms with E-state index >= 15 is 0 Å². The molecular formula is C15H20ClNO2. The highest BCUT2D eigenvalue weighted by Gasteiger charge is 2.24. The van der Waals surface area contributed by atoms with Crippen LogP contribution in [0.25, 0.3) is 0 Å². The number of halogens is 1. The van der Waals surface area contributed by atoms with Crippen molar-refractivity contribution in [2.24, 2.45) is 5.92 Å². The summed E-state index contributed by atoms with van der Waals surface area (Å²) in [5.41, 5.74) is 2.68. The molecular weight excluding hydrogens is 262 g/mol. The Bertz CT molecular complexity index is 436. The predicted octanol–water partition coefficient (Wildman–Crippen LogP) is 2.16. The molecule has 19 heavy (non-hydrogen) atoms. The number of ether oxygens (including phenoxy) is 1. The van der Waals surface area contributed by atoms with Crippen molar-refractivity contribution in [2.75, 3.05) is 20.3 Å². The molecule has 1 aliphatic rings. The molecule has 104 valence electrons. The van der Waals surface area contributed by atoms with Crippen molar-refractivity contribution in [3.63, 3.8) is 0 Å². The molecule has 2 unspecified atom stereocenters. The van der Waals surface area contributed by atoms with E-state index in [-0.39, 0.29) is 17.2 Å². The summed E-state index contributed by atoms with van der Waals surface area (Å²) in [7, 11) is 1.61. The number of amides is 1. The SMILES string of the molecule is COCC(Cl)CNC(=O)C1CCc2ccccc2C1. The molecule has 3 nitrogen and oxygen atoms in total. The molecule has 0 heterocycles. The normalized spacial score (nSPS) is 19.6. The van der Waals surface area contributed by atoms with Crippen LogP contribution in [0.5, 0.6) is 0 Å². The Hall–Kier alpha value is -1.06. The van der Waals surface area contributed by atoms with Gasteiger partial charge in [0, 0.05) is 19.6 Å². The minimum atomic E-state index is -0.162. The molecule has 1 aromatic carbocycles. The lowest BCUT2D eigenvalue weighted by Crippen LogP contribution is -2.38. The highest BCUT2D eigenvalue weighted by Crippen LogP contribution is 2.25. The van der Waals surface area contributed by atoms with Gasteiger partial charge in [-0.25, -0.2) is 0 Å². The molecule has 0 bridgehead atoms. The number of rotatable bonds is 5. The lowest BCUT2D eigenvalue weighted by atomic mass is 9.83. The van der Waals surface area contributed by atoms with Crippen LogP contribution in [0.15, 0.2) is 24.3 Å². The number of alkyl halides is 1. The summed E-state index contributed by atoms with van der Waals surface area (Å²) in [5.74, 6) is 0.178. The number of carbonyl (C=O) groups excluding carboxylic acids is 1. The first kappa shape index (κ1) is 14.4. The Morgan fingerprint density at radius 3 is 2.95 bits per heavy atom. The van der Waals surface area contributed by atoms with E-state index < -0.39 is 0 Å². The summed E-state index contributed by atoms with van der Waals surface area (Å²) in [4.78, 5) is 12.1. The van der Waals surface area contributed by atoms with Gasteiger partial charge in [0.05, 0.1) is 12.0 Å². The summed E-state index contributed by atoms with van der Waals surface area (Å²) in [6, 6.07) is 8.36. The number of hydrogen-bond acceptors (Lipinski definition) is 2. The molecule has 2 rings (SSSR count). The van der Waals surface area contributed by atoms with Crippen LogP contribution in [0, 0.1) is 5.92 Å². The van der Waals surface area contributed by atoms with Gasteiger partial charge < -0.3 is 10.1 Å². The van der Waals surface area contributed by atoms with Gasteiger partial charge >= 0.3 is 0 Å². The number of nitrogens with one attached hydrogen (secondary N) is 1. The maximum atomic E-state index is 12.1. The van der Waals surface area contributed by atoms with Crippen molar-refractivity contribution < 1.29 is 9.53 Å². The summed E-state index contributed by atoms with van der Waals surface area (Å²) >= 11 is 6.01. The van der Waals surface area contributed by atoms with Gasteiger partial charge in [0.15, 0.2) is 0 Å². The second-order valence-corrected chi connectivity index (χ2v) is 5.62. The first-order chi connectivity index (χ1) is 9.20. The summed E-state index contributed by atoms with van der Waals surface area (Å²) in [5, 5.41) is 2.75. The Morgan fingerprint density at radius 1 is 1.47 bits per heavy atom. The van der Waals surface area contributed by atoms with E-state index in [0.717, 1.165) is 19.3 Å². The quantitative estimate of drug-likeness (QED) is 0.840. The van der Waals surface area contributed by atoms with Gasteiger partial charge in [0.1, 0.15) is 0 Å². The smallest absolute Gasteiger partial charge is 0.223 e. The molecule has 1 amide bonds. The molecule has 0 fully saturated rings. The highest BCUT2D eigenvalue weighted by atomic mass is 35.5. The lowest BCUT2D eigenvalue weighted by molar-refractivity contribution is -0.125. The molecule has 0 radical (unpaired) electrons. The molecule has 0 aliphatic heterocycles. The lowest BCUT2D eigenvalue weighted by Gasteiger charge is -2.24. The predicted molar refractivity (Wildman–Crippen MR) is 76.5 cm³/mol. The van der Waals surface area contributed by atoms with Gasteiger partial charge in [-0.05, 0) is 30.4 Å². The van der Waals surface area contributed by atoms with Crippen LogP contribution in [0.4, 0.5) is 0 Å². The highest BCUT2D eigenvalue weighted by molar-refractivity contribution is 6.21. The molecule has 0 aromatic heterocycles. The van der Waals surface area contributed by atoms with Gasteiger partial charge in [-0.3, -0.25) is 4.79 Å². The number of carbonyl (C=O) groups is 1. The molecule has 0 spiro atoms. The molecule has 1 aromatic rings. The minimum Gasteiger partial charge on any atom is -0.383 e. The summed E-state index contributed by atoms with van der Waals surface area (Å²) < 4.78 is 4.94. The van der Waals surface area contributed by atoms with Crippen LogP contribution in [-0.2, 0) is 22.4 Å². The largest absolute Gasteiger partial charge is 0.383 e. The molecule has 1 aliphatic carbocycles. The van der Waals surface area contributed by atoms with E-state index in [4.69, 9.17) is 16.3 Å². The van der Waals surface area contributed by atoms with Gasteiger partial charge in [0.25, 0.3) is 0 Å². The van der Waals surface area contributed by atoms with Crippen LogP contribution in [-0.4, -0.2) is 31.5 Å². The fraction of sp³-hybridized carbons (Fsp3) is 0.533. The van der Waals surface area contributed by atoms with Crippen molar-refractivity contribution in [3.8, 4) is 0 Å². The molecule has 0 saturated heterocycles. The van der Waals surface area contributed by atoms with E-state index in [0.29, 0.717) is 13.2 Å². The number of methoxy groups -OCH3 is 1. The van der Waals surface area contributed by atoms with Gasteiger partial charge in [0.2, 0.25) is 5.91 Å². The third kappa shape index (κ3) is 3.95. The van der Waals surface area contributed by atoms with Gasteiger partial charge in [-0.15, -0.1) is 11.6 Å². The van der Waals surface area contributed by atoms with E-state index in [9.17, 15) is 4.79 Å². The Balaban J connectivity index is 1.85. The molecule has 2 atom stereocenters. The van der Waals surface area contributed by atoms with E-state index in [2.05, 4.69) is 23.5 Å². The van der Waals surface area contributed by atoms with E-state index in [1.165, 1.54) is 11.1 Å². The summed E-state index contributed by atoms with van der Waals surface area (Å²) in [6.07, 6.45) is 2.73. The van der Waals surface area contributed by atoms with Crippen molar-refractivity contribution >= 4 is 17.5 Å². The third-order valence-electron chi connectivity index (χ3n) is 3.56. The number of benzene rings is 1. The second-order valence-electron chi connectivity index (χ2n) is 5.01. The monoisotopic (exact) mass is 281 g/mol. The number of aryl methyl sites for hydroxylation is 1. The first-order valence-corrected chi connectivity index (χ1v) is 7.12. The average Bonchev–Trinajstić information content (AvgIpc) is 2.44. The van der Waals surface area contributed by atoms with Crippen molar-refractivity contribution in [1.29, 1.82) is 0 Å². The van der Waals surface area contributed by atoms with Crippen molar-refractivity contribution in [2.45, 2.75) is 24.6 Å². The van der Waals surface area contributed by atoms with Crippen molar-refractivity contribution in [3.05, 3.63) is 35.4 Å². The topological polar surface area (TPSA) is 38.3 Å². The summed E-state index contributed by atoms with van der Waals surface area (Å²) in [6.45, 7) is 0.918. The van der Waals surface area contributed by atoms with Crippen molar-refractivity contribution in [1.82, 2.24) is 5.32 Å². The fourth-order valence-electron chi connectivity index (χ4n) is 2.52. The zero-order chi connectivity index (χ0) is 13.7. The zero-order valence-corrected chi connectivity index (χ0v) is 12.0. The Kier molecular flexibility index (Phi) is 5.23. The minimum absolute atomic E-state index is 0.0707. The third-order valence-corrected chi connectivity index (χ3v) is 3.84. The van der Waals surface area contributed by atoms with Crippen LogP contribution in [0.2, 0.25) is 0 Å². The first-order valence-electron chi connectivity index (χ1n) is 6.68. The zero-order valence-electron chi connectivity index (χ0n) is 11.2. The number of hydrogen-bond donors (Lipinski definition) is 1. The van der Waals surface area contributed by atoms with Gasteiger partial charge in [-0.2, -0.15) is 0 Å². The fourth-order valence-corrected chi connectivity index (χ4v) is 2.72. The van der Waals surface area contributed by atoms with Crippen LogP contribution >= 0.6 is 11.6 Å². The van der Waals surface area contributed by atoms with Crippen LogP contribution in [0.3, 0.4) is 0 Å². The van der Waals surface area contributed by atoms with E-state index in [1.807, 2.05) is 6.07 Å². The number of fused-ring (bicyclic) bond motifs is 1. The van der Waals surface area contributed by atoms with Gasteiger partial charge in [-0.1, -0.05) is 24.3 Å². The Labute approximate surface area is 119 Å². The van der Waals surface area contributed by atoms with Crippen LogP contribution < -0.4 is 5.32 Å². The average molecular weight is 282 g/mol. The molecule has 1 N–H and O–H groups in total. The molecule has 4 heteroatoms. The second kappa shape index (κ2) is 6.92. The maximum absolute atomic E-state index is 12.1. The van der Waals surface area contributed by atoms with E-state index in [1.54, 1.807) is 7.11 Å². The van der Waals surface area contributed by atoms with Crippen LogP contribution in [0.1, 0.15) is 17.5 Å². The maximum Gasteiger partial charge on any atom is 0.223 e. The molecule has 0 saturated carbocycles. The Morgan fingerprint density at radius 2 is 2.21 bits per heavy atom.